The number of ether oxygens (including phenoxy) is 1. The Balaban J connectivity index is 1.84. The SMILES string of the molecule is CC(NC(=O)Cc1cccc(O)c1)C1CCCO1. The number of amides is 1. The highest BCUT2D eigenvalue weighted by molar-refractivity contribution is 5.79. The molecule has 1 amide bonds. The smallest absolute Gasteiger partial charge is 0.224 e. The number of carbonyl (C=O) groups excluding carboxylic acids is 1. The minimum Gasteiger partial charge on any atom is -0.508 e. The van der Waals surface area contributed by atoms with Gasteiger partial charge in [-0.25, -0.2) is 0 Å². The summed E-state index contributed by atoms with van der Waals surface area (Å²) in [7, 11) is 0. The van der Waals surface area contributed by atoms with Gasteiger partial charge in [0.1, 0.15) is 5.75 Å². The zero-order valence-electron chi connectivity index (χ0n) is 10.6. The number of nitrogens with one attached hydrogen (secondary N) is 1. The van der Waals surface area contributed by atoms with E-state index in [4.69, 9.17) is 4.74 Å². The highest BCUT2D eigenvalue weighted by atomic mass is 16.5. The fourth-order valence-electron chi connectivity index (χ4n) is 2.25. The van der Waals surface area contributed by atoms with Crippen molar-refractivity contribution >= 4 is 5.91 Å². The van der Waals surface area contributed by atoms with Gasteiger partial charge in [-0.1, -0.05) is 12.1 Å². The number of carbonyl (C=O) groups is 1. The molecule has 1 heterocycles. The second-order valence-corrected chi connectivity index (χ2v) is 4.75. The zero-order chi connectivity index (χ0) is 13.0. The summed E-state index contributed by atoms with van der Waals surface area (Å²) in [5.74, 6) is 0.149. The van der Waals surface area contributed by atoms with Crippen molar-refractivity contribution in [1.29, 1.82) is 0 Å². The van der Waals surface area contributed by atoms with Crippen LogP contribution < -0.4 is 5.32 Å². The average molecular weight is 249 g/mol. The molecule has 0 saturated carbocycles. The fourth-order valence-corrected chi connectivity index (χ4v) is 2.25. The molecule has 1 aromatic carbocycles. The molecule has 1 aliphatic rings. The summed E-state index contributed by atoms with van der Waals surface area (Å²) in [6.07, 6.45) is 2.49. The van der Waals surface area contributed by atoms with Gasteiger partial charge in [0.25, 0.3) is 0 Å². The molecule has 4 nitrogen and oxygen atoms in total. The van der Waals surface area contributed by atoms with Crippen LogP contribution in [-0.4, -0.2) is 29.8 Å². The topological polar surface area (TPSA) is 58.6 Å². The molecule has 0 spiro atoms. The maximum Gasteiger partial charge on any atom is 0.224 e. The van der Waals surface area contributed by atoms with Crippen LogP contribution in [0.3, 0.4) is 0 Å². The lowest BCUT2D eigenvalue weighted by Gasteiger charge is -2.20. The van der Waals surface area contributed by atoms with E-state index in [0.717, 1.165) is 25.0 Å². The minimum atomic E-state index is -0.0383. The number of rotatable bonds is 4. The van der Waals surface area contributed by atoms with Crippen LogP contribution in [0.2, 0.25) is 0 Å². The van der Waals surface area contributed by atoms with E-state index < -0.39 is 0 Å². The van der Waals surface area contributed by atoms with E-state index in [1.165, 1.54) is 0 Å². The number of hydrogen-bond acceptors (Lipinski definition) is 3. The molecule has 0 radical (unpaired) electrons. The fraction of sp³-hybridized carbons (Fsp3) is 0.500. The first-order valence-corrected chi connectivity index (χ1v) is 6.34. The minimum absolute atomic E-state index is 0.0383. The van der Waals surface area contributed by atoms with E-state index in [9.17, 15) is 9.90 Å². The summed E-state index contributed by atoms with van der Waals surface area (Å²) in [5.41, 5.74) is 0.812. The molecular formula is C14H19NO3. The summed E-state index contributed by atoms with van der Waals surface area (Å²) in [6.45, 7) is 2.76. The lowest BCUT2D eigenvalue weighted by molar-refractivity contribution is -0.121. The van der Waals surface area contributed by atoms with E-state index in [2.05, 4.69) is 5.32 Å². The number of phenolic OH excluding ortho intramolecular Hbond substituents is 1. The summed E-state index contributed by atoms with van der Waals surface area (Å²) in [5, 5.41) is 12.3. The molecule has 2 rings (SSSR count). The van der Waals surface area contributed by atoms with Crippen molar-refractivity contribution in [3.05, 3.63) is 29.8 Å². The van der Waals surface area contributed by atoms with Crippen LogP contribution in [0, 0.1) is 0 Å². The normalized spacial score (nSPS) is 20.6. The van der Waals surface area contributed by atoms with Gasteiger partial charge in [0, 0.05) is 6.61 Å². The van der Waals surface area contributed by atoms with Crippen molar-refractivity contribution < 1.29 is 14.6 Å². The van der Waals surface area contributed by atoms with Crippen molar-refractivity contribution in [3.8, 4) is 5.75 Å². The summed E-state index contributed by atoms with van der Waals surface area (Å²) >= 11 is 0. The van der Waals surface area contributed by atoms with Crippen LogP contribution in [-0.2, 0) is 16.0 Å². The molecule has 2 atom stereocenters. The molecule has 0 aliphatic carbocycles. The van der Waals surface area contributed by atoms with Crippen LogP contribution in [0.25, 0.3) is 0 Å². The highest BCUT2D eigenvalue weighted by Gasteiger charge is 2.23. The first kappa shape index (κ1) is 12.9. The number of hydrogen-bond donors (Lipinski definition) is 2. The first-order valence-electron chi connectivity index (χ1n) is 6.34. The third kappa shape index (κ3) is 3.47. The highest BCUT2D eigenvalue weighted by Crippen LogP contribution is 2.16. The Morgan fingerprint density at radius 2 is 2.44 bits per heavy atom. The second-order valence-electron chi connectivity index (χ2n) is 4.75. The Morgan fingerprint density at radius 3 is 3.11 bits per heavy atom. The summed E-state index contributed by atoms with van der Waals surface area (Å²) in [6, 6.07) is 6.81. The van der Waals surface area contributed by atoms with E-state index in [1.54, 1.807) is 18.2 Å². The number of aromatic hydroxyl groups is 1. The van der Waals surface area contributed by atoms with Gasteiger partial charge in [-0.05, 0) is 37.5 Å². The molecule has 2 N–H and O–H groups in total. The Bertz CT molecular complexity index is 413. The maximum absolute atomic E-state index is 11.8. The first-order chi connectivity index (χ1) is 8.65. The van der Waals surface area contributed by atoms with Gasteiger partial charge in [-0.15, -0.1) is 0 Å². The molecule has 1 aliphatic heterocycles. The van der Waals surface area contributed by atoms with Gasteiger partial charge in [-0.2, -0.15) is 0 Å². The molecule has 0 aromatic heterocycles. The van der Waals surface area contributed by atoms with E-state index in [0.29, 0.717) is 0 Å². The van der Waals surface area contributed by atoms with Crippen LogP contribution in [0.1, 0.15) is 25.3 Å². The van der Waals surface area contributed by atoms with Crippen molar-refractivity contribution in [2.45, 2.75) is 38.3 Å². The molecule has 0 bridgehead atoms. The summed E-state index contributed by atoms with van der Waals surface area (Å²) < 4.78 is 5.53. The zero-order valence-corrected chi connectivity index (χ0v) is 10.6. The second kappa shape index (κ2) is 5.87. The maximum atomic E-state index is 11.8. The molecule has 1 fully saturated rings. The average Bonchev–Trinajstić information content (AvgIpc) is 2.81. The van der Waals surface area contributed by atoms with Gasteiger partial charge in [0.15, 0.2) is 0 Å². The van der Waals surface area contributed by atoms with E-state index in [-0.39, 0.29) is 30.2 Å². The quantitative estimate of drug-likeness (QED) is 0.852. The van der Waals surface area contributed by atoms with Gasteiger partial charge in [0.05, 0.1) is 18.6 Å². The number of benzene rings is 1. The van der Waals surface area contributed by atoms with Crippen LogP contribution in [0.15, 0.2) is 24.3 Å². The standard InChI is InChI=1S/C14H19NO3/c1-10(13-6-3-7-18-13)15-14(17)9-11-4-2-5-12(16)8-11/h2,4-5,8,10,13,16H,3,6-7,9H2,1H3,(H,15,17). The molecule has 1 aromatic rings. The predicted octanol–water partition coefficient (Wildman–Crippen LogP) is 1.62. The van der Waals surface area contributed by atoms with Crippen molar-refractivity contribution in [2.24, 2.45) is 0 Å². The van der Waals surface area contributed by atoms with E-state index in [1.807, 2.05) is 13.0 Å². The van der Waals surface area contributed by atoms with Crippen molar-refractivity contribution in [3.63, 3.8) is 0 Å². The Morgan fingerprint density at radius 1 is 1.61 bits per heavy atom. The third-order valence-corrected chi connectivity index (χ3v) is 3.19. The van der Waals surface area contributed by atoms with Gasteiger partial charge in [0.2, 0.25) is 5.91 Å². The molecule has 18 heavy (non-hydrogen) atoms. The third-order valence-electron chi connectivity index (χ3n) is 3.19. The van der Waals surface area contributed by atoms with Crippen LogP contribution in [0.5, 0.6) is 5.75 Å². The molecule has 4 heteroatoms. The number of phenols is 1. The van der Waals surface area contributed by atoms with Crippen LogP contribution in [0.4, 0.5) is 0 Å². The summed E-state index contributed by atoms with van der Waals surface area (Å²) in [4.78, 5) is 11.8. The Kier molecular flexibility index (Phi) is 4.20. The molecule has 98 valence electrons. The lowest BCUT2D eigenvalue weighted by atomic mass is 10.1. The van der Waals surface area contributed by atoms with Gasteiger partial charge >= 0.3 is 0 Å². The Hall–Kier alpha value is -1.55. The van der Waals surface area contributed by atoms with Crippen molar-refractivity contribution in [1.82, 2.24) is 5.32 Å². The predicted molar refractivity (Wildman–Crippen MR) is 68.4 cm³/mol. The Labute approximate surface area is 107 Å². The van der Waals surface area contributed by atoms with E-state index >= 15 is 0 Å². The monoisotopic (exact) mass is 249 g/mol. The van der Waals surface area contributed by atoms with Crippen LogP contribution >= 0.6 is 0 Å². The van der Waals surface area contributed by atoms with Crippen molar-refractivity contribution in [2.75, 3.05) is 6.61 Å². The lowest BCUT2D eigenvalue weighted by Crippen LogP contribution is -2.41. The van der Waals surface area contributed by atoms with Gasteiger partial charge in [-0.3, -0.25) is 4.79 Å². The largest absolute Gasteiger partial charge is 0.508 e. The van der Waals surface area contributed by atoms with Gasteiger partial charge < -0.3 is 15.2 Å². The molecule has 1 saturated heterocycles. The molecule has 2 unspecified atom stereocenters. The molecular weight excluding hydrogens is 230 g/mol.